The van der Waals surface area contributed by atoms with Crippen molar-refractivity contribution < 1.29 is 23.6 Å². The van der Waals surface area contributed by atoms with Crippen molar-refractivity contribution in [2.24, 2.45) is 5.92 Å². The molecule has 1 saturated carbocycles. The van der Waals surface area contributed by atoms with E-state index in [9.17, 15) is 14.4 Å². The number of rotatable bonds is 9. The van der Waals surface area contributed by atoms with Crippen LogP contribution in [-0.2, 0) is 20.9 Å². The van der Waals surface area contributed by atoms with Gasteiger partial charge in [0.2, 0.25) is 5.91 Å². The molecule has 234 valence electrons. The lowest BCUT2D eigenvalue weighted by Crippen LogP contribution is -2.51. The lowest BCUT2D eigenvalue weighted by molar-refractivity contribution is -0.125. The molecular weight excluding hydrogens is 584 g/mol. The number of halogens is 1. The number of pyridine rings is 1. The van der Waals surface area contributed by atoms with Crippen LogP contribution in [0.4, 0.5) is 4.79 Å². The third-order valence-corrected chi connectivity index (χ3v) is 8.19. The molecule has 2 amide bonds. The molecule has 1 fully saturated rings. The van der Waals surface area contributed by atoms with E-state index >= 15 is 0 Å². The minimum atomic E-state index is -0.944. The van der Waals surface area contributed by atoms with Gasteiger partial charge in [-0.1, -0.05) is 59.6 Å². The maximum atomic E-state index is 13.8. The zero-order chi connectivity index (χ0) is 31.4. The Hall–Kier alpha value is -3.89. The van der Waals surface area contributed by atoms with Gasteiger partial charge in [0.25, 0.3) is 5.56 Å². The molecule has 44 heavy (non-hydrogen) atoms. The van der Waals surface area contributed by atoms with E-state index in [1.165, 1.54) is 0 Å². The predicted molar refractivity (Wildman–Crippen MR) is 169 cm³/mol. The zero-order valence-electron chi connectivity index (χ0n) is 25.5. The van der Waals surface area contributed by atoms with Crippen LogP contribution < -0.4 is 16.2 Å². The van der Waals surface area contributed by atoms with E-state index < -0.39 is 17.7 Å². The monoisotopic (exact) mass is 622 g/mol. The lowest BCUT2D eigenvalue weighted by atomic mass is 9.85. The number of carbonyl (C=O) groups is 2. The molecule has 0 aliphatic heterocycles. The second-order valence-electron chi connectivity index (χ2n) is 12.4. The Morgan fingerprint density at radius 3 is 2.64 bits per heavy atom. The SMILES string of the molecule is Cc1onc2c1c(=O)n([C@@H]1CCC[C@H](CNC(=O)[C@@H](COCc3ccccc3)NC(=O)OC(C)(C)C)C1)c1cccc(Cl)c21. The number of nitrogens with one attached hydrogen (secondary N) is 2. The number of amides is 2. The van der Waals surface area contributed by atoms with Crippen molar-refractivity contribution in [3.63, 3.8) is 0 Å². The number of alkyl carbamates (subject to hydrolysis) is 1. The van der Waals surface area contributed by atoms with Crippen LogP contribution >= 0.6 is 11.6 Å². The first-order valence-corrected chi connectivity index (χ1v) is 15.4. The summed E-state index contributed by atoms with van der Waals surface area (Å²) in [4.78, 5) is 39.7. The van der Waals surface area contributed by atoms with E-state index in [0.29, 0.717) is 46.6 Å². The van der Waals surface area contributed by atoms with Crippen molar-refractivity contribution >= 4 is 45.4 Å². The number of aryl methyl sites for hydroxylation is 1. The summed E-state index contributed by atoms with van der Waals surface area (Å²) in [6.07, 6.45) is 2.60. The van der Waals surface area contributed by atoms with Crippen molar-refractivity contribution in [3.05, 3.63) is 75.2 Å². The lowest BCUT2D eigenvalue weighted by Gasteiger charge is -2.32. The first kappa shape index (κ1) is 31.5. The molecule has 0 bridgehead atoms. The Morgan fingerprint density at radius 1 is 1.11 bits per heavy atom. The molecule has 2 aromatic carbocycles. The fourth-order valence-electron chi connectivity index (χ4n) is 5.89. The fourth-order valence-corrected chi connectivity index (χ4v) is 6.15. The molecule has 0 radical (unpaired) electrons. The van der Waals surface area contributed by atoms with Gasteiger partial charge in [-0.3, -0.25) is 9.59 Å². The topological polar surface area (TPSA) is 125 Å². The number of fused-ring (bicyclic) bond motifs is 3. The van der Waals surface area contributed by atoms with Crippen molar-refractivity contribution in [1.29, 1.82) is 0 Å². The van der Waals surface area contributed by atoms with E-state index in [2.05, 4.69) is 15.8 Å². The summed E-state index contributed by atoms with van der Waals surface area (Å²) in [7, 11) is 0. The third kappa shape index (κ3) is 7.25. The van der Waals surface area contributed by atoms with Gasteiger partial charge in [0.1, 0.15) is 28.3 Å². The first-order chi connectivity index (χ1) is 21.0. The van der Waals surface area contributed by atoms with Gasteiger partial charge in [0, 0.05) is 18.0 Å². The second kappa shape index (κ2) is 13.4. The van der Waals surface area contributed by atoms with E-state index in [-0.39, 0.29) is 30.0 Å². The van der Waals surface area contributed by atoms with Gasteiger partial charge in [-0.05, 0) is 70.6 Å². The highest BCUT2D eigenvalue weighted by molar-refractivity contribution is 6.37. The molecule has 5 rings (SSSR count). The number of aromatic nitrogens is 2. The highest BCUT2D eigenvalue weighted by Gasteiger charge is 2.30. The van der Waals surface area contributed by atoms with E-state index in [0.717, 1.165) is 30.3 Å². The number of ether oxygens (including phenoxy) is 2. The third-order valence-electron chi connectivity index (χ3n) is 7.87. The summed E-state index contributed by atoms with van der Waals surface area (Å²) in [5.74, 6) is 0.214. The second-order valence-corrected chi connectivity index (χ2v) is 12.8. The van der Waals surface area contributed by atoms with Crippen LogP contribution in [-0.4, -0.2) is 46.5 Å². The quantitative estimate of drug-likeness (QED) is 0.232. The number of carbonyl (C=O) groups excluding carboxylic acids is 2. The number of hydrogen-bond acceptors (Lipinski definition) is 7. The van der Waals surface area contributed by atoms with Crippen LogP contribution in [0.1, 0.15) is 63.8 Å². The van der Waals surface area contributed by atoms with Crippen LogP contribution in [0.15, 0.2) is 57.8 Å². The summed E-state index contributed by atoms with van der Waals surface area (Å²) < 4.78 is 18.4. The smallest absolute Gasteiger partial charge is 0.408 e. The highest BCUT2D eigenvalue weighted by Crippen LogP contribution is 2.37. The van der Waals surface area contributed by atoms with Crippen molar-refractivity contribution in [1.82, 2.24) is 20.4 Å². The minimum Gasteiger partial charge on any atom is -0.444 e. The highest BCUT2D eigenvalue weighted by atomic mass is 35.5. The molecule has 3 atom stereocenters. The number of nitrogens with zero attached hydrogens (tertiary/aromatic N) is 2. The van der Waals surface area contributed by atoms with Crippen LogP contribution in [0, 0.1) is 12.8 Å². The van der Waals surface area contributed by atoms with E-state index in [1.807, 2.05) is 47.0 Å². The summed E-state index contributed by atoms with van der Waals surface area (Å²) >= 11 is 6.60. The van der Waals surface area contributed by atoms with Crippen LogP contribution in [0.5, 0.6) is 0 Å². The van der Waals surface area contributed by atoms with Crippen molar-refractivity contribution in [3.8, 4) is 0 Å². The van der Waals surface area contributed by atoms with Crippen molar-refractivity contribution in [2.75, 3.05) is 13.2 Å². The maximum Gasteiger partial charge on any atom is 0.408 e. The standard InChI is InChI=1S/C33H39ClN4O6/c1-20-27-29(37-44-20)28-24(34)14-9-15-26(28)38(31(27)40)23-13-8-12-22(16-23)17-35-30(39)25(36-32(41)43-33(2,3)4)19-42-18-21-10-6-5-7-11-21/h5-7,9-11,14-15,22-23,25H,8,12-13,16-19H2,1-4H3,(H,35,39)(H,36,41)/t22-,23+,25+/m0/s1. The number of benzene rings is 2. The van der Waals surface area contributed by atoms with Crippen LogP contribution in [0.3, 0.4) is 0 Å². The molecule has 11 heteroatoms. The summed E-state index contributed by atoms with van der Waals surface area (Å²) in [6, 6.07) is 14.1. The molecule has 1 aliphatic carbocycles. The molecule has 1 aliphatic rings. The molecule has 0 spiro atoms. The zero-order valence-corrected chi connectivity index (χ0v) is 26.3. The fraction of sp³-hybridized carbons (Fsp3) is 0.455. The minimum absolute atomic E-state index is 0.0203. The van der Waals surface area contributed by atoms with Crippen molar-refractivity contribution in [2.45, 2.75) is 77.7 Å². The van der Waals surface area contributed by atoms with Gasteiger partial charge in [0.15, 0.2) is 0 Å². The molecule has 0 saturated heterocycles. The maximum absolute atomic E-state index is 13.8. The normalized spacial score (nSPS) is 17.8. The molecule has 10 nitrogen and oxygen atoms in total. The molecule has 2 aromatic heterocycles. The Bertz CT molecular complexity index is 1690. The Balaban J connectivity index is 1.29. The summed E-state index contributed by atoms with van der Waals surface area (Å²) in [5.41, 5.74) is 1.28. The van der Waals surface area contributed by atoms with Gasteiger partial charge in [-0.25, -0.2) is 4.79 Å². The average molecular weight is 623 g/mol. The van der Waals surface area contributed by atoms with E-state index in [4.69, 9.17) is 25.6 Å². The summed E-state index contributed by atoms with van der Waals surface area (Å²) in [5, 5.41) is 11.5. The van der Waals surface area contributed by atoms with Gasteiger partial charge < -0.3 is 29.2 Å². The summed E-state index contributed by atoms with van der Waals surface area (Å²) in [6.45, 7) is 7.69. The van der Waals surface area contributed by atoms with Crippen LogP contribution in [0.25, 0.3) is 21.8 Å². The largest absolute Gasteiger partial charge is 0.444 e. The molecule has 2 N–H and O–H groups in total. The van der Waals surface area contributed by atoms with Crippen LogP contribution in [0.2, 0.25) is 5.02 Å². The predicted octanol–water partition coefficient (Wildman–Crippen LogP) is 6.06. The number of hydrogen-bond donors (Lipinski definition) is 2. The first-order valence-electron chi connectivity index (χ1n) is 15.0. The van der Waals surface area contributed by atoms with Gasteiger partial charge in [-0.15, -0.1) is 0 Å². The average Bonchev–Trinajstić information content (AvgIpc) is 3.37. The molecular formula is C33H39ClN4O6. The molecule has 0 unspecified atom stereocenters. The van der Waals surface area contributed by atoms with Gasteiger partial charge in [-0.2, -0.15) is 0 Å². The van der Waals surface area contributed by atoms with E-state index in [1.54, 1.807) is 33.8 Å². The van der Waals surface area contributed by atoms with Gasteiger partial charge in [0.05, 0.1) is 23.8 Å². The Morgan fingerprint density at radius 2 is 1.89 bits per heavy atom. The Kier molecular flexibility index (Phi) is 9.60. The van der Waals surface area contributed by atoms with Gasteiger partial charge >= 0.3 is 6.09 Å². The Labute approximate surface area is 261 Å². The molecule has 4 aromatic rings. The molecule has 2 heterocycles.